The summed E-state index contributed by atoms with van der Waals surface area (Å²) < 4.78 is 39.8. The van der Waals surface area contributed by atoms with E-state index in [2.05, 4.69) is 4.98 Å². The molecule has 2 aromatic heterocycles. The number of carbonyl (C=O) groups is 2. The van der Waals surface area contributed by atoms with Gasteiger partial charge in [0.25, 0.3) is 15.9 Å². The molecule has 0 radical (unpaired) electrons. The standard InChI is InChI=1S/C27H26N2O6S/c1-6-34-27(31)25-19(5)35-23-8-7-21(15-22(23)25)29(26(30)20-9-11-28-12-10-20)36(32,33)24-14-17(3)16(2)13-18(24)4/h7-15H,6H2,1-5H3. The first-order chi connectivity index (χ1) is 17.1. The SMILES string of the molecule is CCOC(=O)c1c(C)oc2ccc(N(C(=O)c3ccncc3)S(=O)(=O)c3cc(C)c(C)cc3C)cc12. The molecule has 0 aliphatic carbocycles. The zero-order valence-corrected chi connectivity index (χ0v) is 21.5. The lowest BCUT2D eigenvalue weighted by molar-refractivity contribution is 0.0526. The first-order valence-electron chi connectivity index (χ1n) is 11.3. The summed E-state index contributed by atoms with van der Waals surface area (Å²) in [7, 11) is -4.36. The molecule has 9 heteroatoms. The average Bonchev–Trinajstić information content (AvgIpc) is 3.17. The van der Waals surface area contributed by atoms with E-state index in [0.717, 1.165) is 15.4 Å². The maximum absolute atomic E-state index is 14.1. The molecular weight excluding hydrogens is 480 g/mol. The molecule has 8 nitrogen and oxygen atoms in total. The van der Waals surface area contributed by atoms with Gasteiger partial charge in [-0.25, -0.2) is 13.2 Å². The largest absolute Gasteiger partial charge is 0.462 e. The molecule has 4 rings (SSSR count). The molecule has 0 bridgehead atoms. The Kier molecular flexibility index (Phi) is 6.69. The lowest BCUT2D eigenvalue weighted by atomic mass is 10.1. The lowest BCUT2D eigenvalue weighted by Crippen LogP contribution is -2.37. The minimum absolute atomic E-state index is 0.0158. The number of hydrogen-bond donors (Lipinski definition) is 0. The highest BCUT2D eigenvalue weighted by atomic mass is 32.2. The molecule has 2 heterocycles. The predicted molar refractivity (Wildman–Crippen MR) is 136 cm³/mol. The van der Waals surface area contributed by atoms with Gasteiger partial charge in [-0.05, 0) is 87.7 Å². The molecule has 1 amide bonds. The smallest absolute Gasteiger partial charge is 0.342 e. The first kappa shape index (κ1) is 25.1. The van der Waals surface area contributed by atoms with E-state index in [1.165, 1.54) is 42.7 Å². The summed E-state index contributed by atoms with van der Waals surface area (Å²) in [4.78, 5) is 30.3. The summed E-state index contributed by atoms with van der Waals surface area (Å²) in [5, 5.41) is 0.350. The van der Waals surface area contributed by atoms with Gasteiger partial charge >= 0.3 is 5.97 Å². The number of aromatic nitrogens is 1. The molecule has 4 aromatic rings. The van der Waals surface area contributed by atoms with Gasteiger partial charge in [-0.1, -0.05) is 6.07 Å². The van der Waals surface area contributed by atoms with Crippen molar-refractivity contribution < 1.29 is 27.2 Å². The van der Waals surface area contributed by atoms with Gasteiger partial charge in [0.15, 0.2) is 0 Å². The Bertz CT molecular complexity index is 1590. The molecule has 0 aliphatic rings. The second-order valence-corrected chi connectivity index (χ2v) is 10.2. The Balaban J connectivity index is 1.98. The Morgan fingerprint density at radius 3 is 2.28 bits per heavy atom. The Labute approximate surface area is 209 Å². The quantitative estimate of drug-likeness (QED) is 0.328. The van der Waals surface area contributed by atoms with E-state index in [-0.39, 0.29) is 28.3 Å². The van der Waals surface area contributed by atoms with Gasteiger partial charge in [0.1, 0.15) is 16.9 Å². The van der Waals surface area contributed by atoms with Gasteiger partial charge in [0.05, 0.1) is 17.2 Å². The normalized spacial score (nSPS) is 11.5. The van der Waals surface area contributed by atoms with Crippen molar-refractivity contribution >= 4 is 38.6 Å². The third kappa shape index (κ3) is 4.37. The van der Waals surface area contributed by atoms with E-state index in [1.807, 2.05) is 13.8 Å². The van der Waals surface area contributed by atoms with Crippen molar-refractivity contribution in [1.82, 2.24) is 4.98 Å². The van der Waals surface area contributed by atoms with Crippen LogP contribution in [-0.2, 0) is 14.8 Å². The van der Waals surface area contributed by atoms with Crippen LogP contribution >= 0.6 is 0 Å². The number of aryl methyl sites for hydroxylation is 4. The summed E-state index contributed by atoms with van der Waals surface area (Å²) in [6.07, 6.45) is 2.83. The molecule has 36 heavy (non-hydrogen) atoms. The fraction of sp³-hybridized carbons (Fsp3) is 0.222. The summed E-state index contributed by atoms with van der Waals surface area (Å²) in [6, 6.07) is 10.7. The van der Waals surface area contributed by atoms with E-state index < -0.39 is 21.9 Å². The number of esters is 1. The third-order valence-electron chi connectivity index (χ3n) is 5.98. The minimum atomic E-state index is -4.36. The zero-order chi connectivity index (χ0) is 26.2. The van der Waals surface area contributed by atoms with Crippen molar-refractivity contribution in [2.75, 3.05) is 10.9 Å². The van der Waals surface area contributed by atoms with Crippen molar-refractivity contribution in [3.05, 3.63) is 88.4 Å². The molecule has 186 valence electrons. The molecular formula is C27H26N2O6S. The molecule has 0 unspecified atom stereocenters. The Morgan fingerprint density at radius 1 is 0.944 bits per heavy atom. The highest BCUT2D eigenvalue weighted by Crippen LogP contribution is 2.34. The number of pyridine rings is 1. The van der Waals surface area contributed by atoms with Crippen molar-refractivity contribution in [3.8, 4) is 0 Å². The van der Waals surface area contributed by atoms with Crippen molar-refractivity contribution in [2.24, 2.45) is 0 Å². The molecule has 0 aliphatic heterocycles. The fourth-order valence-corrected chi connectivity index (χ4v) is 5.78. The molecule has 0 saturated heterocycles. The second kappa shape index (κ2) is 9.58. The Morgan fingerprint density at radius 2 is 1.61 bits per heavy atom. The number of carbonyl (C=O) groups excluding carboxylic acids is 2. The molecule has 0 atom stereocenters. The van der Waals surface area contributed by atoms with Gasteiger partial charge in [0, 0.05) is 23.3 Å². The molecule has 0 saturated carbocycles. The van der Waals surface area contributed by atoms with E-state index in [4.69, 9.17) is 9.15 Å². The van der Waals surface area contributed by atoms with Crippen molar-refractivity contribution in [1.29, 1.82) is 0 Å². The van der Waals surface area contributed by atoms with Crippen LogP contribution in [0.1, 0.15) is 50.1 Å². The summed E-state index contributed by atoms with van der Waals surface area (Å²) in [5.74, 6) is -1.02. The number of amides is 1. The summed E-state index contributed by atoms with van der Waals surface area (Å²) in [5.41, 5.74) is 2.99. The number of anilines is 1. The van der Waals surface area contributed by atoms with Crippen LogP contribution in [0.5, 0.6) is 0 Å². The number of fused-ring (bicyclic) bond motifs is 1. The number of rotatable bonds is 6. The molecule has 0 N–H and O–H groups in total. The number of furan rings is 1. The van der Waals surface area contributed by atoms with Crippen LogP contribution < -0.4 is 4.31 Å². The van der Waals surface area contributed by atoms with Crippen LogP contribution in [-0.4, -0.2) is 31.9 Å². The van der Waals surface area contributed by atoms with Crippen molar-refractivity contribution in [2.45, 2.75) is 39.5 Å². The monoisotopic (exact) mass is 506 g/mol. The lowest BCUT2D eigenvalue weighted by Gasteiger charge is -2.24. The topological polar surface area (TPSA) is 107 Å². The van der Waals surface area contributed by atoms with Crippen molar-refractivity contribution in [3.63, 3.8) is 0 Å². The van der Waals surface area contributed by atoms with E-state index in [0.29, 0.717) is 22.3 Å². The number of sulfonamides is 1. The van der Waals surface area contributed by atoms with E-state index in [1.54, 1.807) is 32.9 Å². The molecule has 2 aromatic carbocycles. The van der Waals surface area contributed by atoms with Crippen LogP contribution in [0, 0.1) is 27.7 Å². The molecule has 0 spiro atoms. The van der Waals surface area contributed by atoms with Crippen LogP contribution in [0.2, 0.25) is 0 Å². The highest BCUT2D eigenvalue weighted by Gasteiger charge is 2.34. The maximum Gasteiger partial charge on any atom is 0.342 e. The second-order valence-electron chi connectivity index (χ2n) is 8.45. The number of hydrogen-bond acceptors (Lipinski definition) is 7. The van der Waals surface area contributed by atoms with Crippen LogP contribution in [0.4, 0.5) is 5.69 Å². The number of ether oxygens (including phenoxy) is 1. The van der Waals surface area contributed by atoms with Gasteiger partial charge < -0.3 is 9.15 Å². The fourth-order valence-electron chi connectivity index (χ4n) is 4.08. The number of benzene rings is 2. The summed E-state index contributed by atoms with van der Waals surface area (Å²) >= 11 is 0. The summed E-state index contributed by atoms with van der Waals surface area (Å²) in [6.45, 7) is 8.88. The van der Waals surface area contributed by atoms with E-state index in [9.17, 15) is 18.0 Å². The first-order valence-corrected chi connectivity index (χ1v) is 12.8. The third-order valence-corrected chi connectivity index (χ3v) is 7.84. The zero-order valence-electron chi connectivity index (χ0n) is 20.7. The van der Waals surface area contributed by atoms with Crippen LogP contribution in [0.15, 0.2) is 64.2 Å². The van der Waals surface area contributed by atoms with Gasteiger partial charge in [-0.15, -0.1) is 0 Å². The minimum Gasteiger partial charge on any atom is -0.462 e. The van der Waals surface area contributed by atoms with Crippen LogP contribution in [0.3, 0.4) is 0 Å². The van der Waals surface area contributed by atoms with Gasteiger partial charge in [-0.3, -0.25) is 9.78 Å². The number of nitrogens with zero attached hydrogens (tertiary/aromatic N) is 2. The van der Waals surface area contributed by atoms with Gasteiger partial charge in [0.2, 0.25) is 0 Å². The van der Waals surface area contributed by atoms with Gasteiger partial charge in [-0.2, -0.15) is 4.31 Å². The predicted octanol–water partition coefficient (Wildman–Crippen LogP) is 5.27. The highest BCUT2D eigenvalue weighted by molar-refractivity contribution is 7.93. The maximum atomic E-state index is 14.1. The average molecular weight is 507 g/mol. The van der Waals surface area contributed by atoms with E-state index >= 15 is 0 Å². The molecule has 0 fully saturated rings. The van der Waals surface area contributed by atoms with Crippen LogP contribution in [0.25, 0.3) is 11.0 Å². The Hall–Kier alpha value is -3.98.